The average molecular weight is 433 g/mol. The zero-order valence-electron chi connectivity index (χ0n) is 14.9. The number of piperidine rings is 1. The number of hydrogen-bond donors (Lipinski definition) is 1. The largest absolute Gasteiger partial charge is 0.433 e. The van der Waals surface area contributed by atoms with E-state index in [1.54, 1.807) is 23.1 Å². The summed E-state index contributed by atoms with van der Waals surface area (Å²) in [4.78, 5) is 21.8. The molecule has 0 radical (unpaired) electrons. The predicted octanol–water partition coefficient (Wildman–Crippen LogP) is 4.97. The summed E-state index contributed by atoms with van der Waals surface area (Å²) in [6, 6.07) is 5.77. The van der Waals surface area contributed by atoms with Crippen molar-refractivity contribution >= 4 is 40.6 Å². The van der Waals surface area contributed by atoms with Crippen LogP contribution in [0.2, 0.25) is 10.0 Å². The van der Waals surface area contributed by atoms with Gasteiger partial charge in [-0.2, -0.15) is 13.2 Å². The molecular weight excluding hydrogens is 416 g/mol. The van der Waals surface area contributed by atoms with E-state index in [0.717, 1.165) is 6.07 Å². The minimum absolute atomic E-state index is 0.0595. The Hall–Kier alpha value is -2.06. The highest BCUT2D eigenvalue weighted by Crippen LogP contribution is 2.31. The molecule has 3 rings (SSSR count). The molecule has 1 aromatic heterocycles. The summed E-state index contributed by atoms with van der Waals surface area (Å²) in [5.74, 6) is -0.129. The molecule has 1 aliphatic rings. The molecular formula is C18H17Cl2F3N4O. The van der Waals surface area contributed by atoms with Crippen molar-refractivity contribution in [2.75, 3.05) is 23.3 Å². The van der Waals surface area contributed by atoms with Crippen LogP contribution in [0.3, 0.4) is 0 Å². The lowest BCUT2D eigenvalue weighted by Gasteiger charge is -2.32. The first-order valence-corrected chi connectivity index (χ1v) is 9.33. The maximum atomic E-state index is 13.0. The van der Waals surface area contributed by atoms with E-state index < -0.39 is 11.9 Å². The number of alkyl halides is 3. The first kappa shape index (κ1) is 20.7. The monoisotopic (exact) mass is 432 g/mol. The quantitative estimate of drug-likeness (QED) is 0.743. The molecule has 10 heteroatoms. The maximum Gasteiger partial charge on any atom is 0.433 e. The fourth-order valence-corrected chi connectivity index (χ4v) is 3.35. The van der Waals surface area contributed by atoms with E-state index in [1.807, 2.05) is 0 Å². The summed E-state index contributed by atoms with van der Waals surface area (Å²) >= 11 is 11.8. The Bertz CT molecular complexity index is 884. The van der Waals surface area contributed by atoms with Crippen LogP contribution in [-0.4, -0.2) is 29.0 Å². The topological polar surface area (TPSA) is 58.1 Å². The molecule has 1 aromatic carbocycles. The standard InChI is InChI=1S/C18H17Cl2F3N4O/c1-10-24-15(18(21,22)23)9-16(25-10)27-6-4-11(5-7-27)17(28)26-12-2-3-13(19)14(20)8-12/h2-3,8-9,11H,4-7H2,1H3,(H,26,28). The van der Waals surface area contributed by atoms with Crippen molar-refractivity contribution in [1.82, 2.24) is 9.97 Å². The highest BCUT2D eigenvalue weighted by Gasteiger charge is 2.34. The van der Waals surface area contributed by atoms with Gasteiger partial charge in [0.15, 0.2) is 0 Å². The number of nitrogens with zero attached hydrogens (tertiary/aromatic N) is 3. The number of halogens is 5. The molecule has 0 saturated carbocycles. The second kappa shape index (κ2) is 8.13. The molecule has 2 aromatic rings. The van der Waals surface area contributed by atoms with Crippen molar-refractivity contribution in [3.8, 4) is 0 Å². The molecule has 0 atom stereocenters. The van der Waals surface area contributed by atoms with E-state index in [1.165, 1.54) is 6.92 Å². The van der Waals surface area contributed by atoms with Crippen LogP contribution in [0.4, 0.5) is 24.7 Å². The van der Waals surface area contributed by atoms with Gasteiger partial charge in [0.1, 0.15) is 17.3 Å². The summed E-state index contributed by atoms with van der Waals surface area (Å²) < 4.78 is 38.9. The lowest BCUT2D eigenvalue weighted by atomic mass is 9.95. The predicted molar refractivity (Wildman–Crippen MR) is 102 cm³/mol. The summed E-state index contributed by atoms with van der Waals surface area (Å²) in [7, 11) is 0. The van der Waals surface area contributed by atoms with Crippen LogP contribution < -0.4 is 10.2 Å². The van der Waals surface area contributed by atoms with Gasteiger partial charge in [-0.05, 0) is 38.0 Å². The molecule has 2 heterocycles. The Morgan fingerprint density at radius 3 is 2.43 bits per heavy atom. The zero-order valence-corrected chi connectivity index (χ0v) is 16.4. The van der Waals surface area contributed by atoms with Crippen LogP contribution in [-0.2, 0) is 11.0 Å². The minimum atomic E-state index is -4.53. The van der Waals surface area contributed by atoms with Gasteiger partial charge in [-0.3, -0.25) is 4.79 Å². The van der Waals surface area contributed by atoms with Gasteiger partial charge in [0.05, 0.1) is 10.0 Å². The number of hydrogen-bond acceptors (Lipinski definition) is 4. The van der Waals surface area contributed by atoms with Crippen LogP contribution in [0.25, 0.3) is 0 Å². The van der Waals surface area contributed by atoms with Crippen molar-refractivity contribution in [3.63, 3.8) is 0 Å². The lowest BCUT2D eigenvalue weighted by Crippen LogP contribution is -2.38. The maximum absolute atomic E-state index is 13.0. The number of benzene rings is 1. The summed E-state index contributed by atoms with van der Waals surface area (Å²) in [6.07, 6.45) is -3.53. The van der Waals surface area contributed by atoms with Gasteiger partial charge >= 0.3 is 6.18 Å². The normalized spacial score (nSPS) is 15.6. The molecule has 28 heavy (non-hydrogen) atoms. The van der Waals surface area contributed by atoms with Crippen LogP contribution in [0, 0.1) is 12.8 Å². The number of carbonyl (C=O) groups is 1. The van der Waals surface area contributed by atoms with E-state index in [-0.39, 0.29) is 23.5 Å². The summed E-state index contributed by atoms with van der Waals surface area (Å²) in [5.41, 5.74) is -0.419. The van der Waals surface area contributed by atoms with Crippen LogP contribution in [0.5, 0.6) is 0 Å². The van der Waals surface area contributed by atoms with E-state index in [4.69, 9.17) is 23.2 Å². The third-order valence-corrected chi connectivity index (χ3v) is 5.23. The molecule has 0 unspecified atom stereocenters. The zero-order chi connectivity index (χ0) is 20.5. The van der Waals surface area contributed by atoms with Crippen LogP contribution in [0.1, 0.15) is 24.4 Å². The molecule has 150 valence electrons. The van der Waals surface area contributed by atoms with Crippen molar-refractivity contribution in [2.24, 2.45) is 5.92 Å². The van der Waals surface area contributed by atoms with Gasteiger partial charge in [-0.1, -0.05) is 23.2 Å². The Labute approximate surface area is 169 Å². The fraction of sp³-hybridized carbons (Fsp3) is 0.389. The molecule has 0 spiro atoms. The number of aryl methyl sites for hydroxylation is 1. The number of carbonyl (C=O) groups excluding carboxylic acids is 1. The Morgan fingerprint density at radius 2 is 1.82 bits per heavy atom. The van der Waals surface area contributed by atoms with Gasteiger partial charge < -0.3 is 10.2 Å². The second-order valence-electron chi connectivity index (χ2n) is 6.54. The van der Waals surface area contributed by atoms with Gasteiger partial charge in [0.25, 0.3) is 0 Å². The molecule has 5 nitrogen and oxygen atoms in total. The van der Waals surface area contributed by atoms with Crippen LogP contribution in [0.15, 0.2) is 24.3 Å². The highest BCUT2D eigenvalue weighted by atomic mass is 35.5. The Balaban J connectivity index is 1.63. The number of nitrogens with one attached hydrogen (secondary N) is 1. The molecule has 1 fully saturated rings. The van der Waals surface area contributed by atoms with Crippen molar-refractivity contribution < 1.29 is 18.0 Å². The van der Waals surface area contributed by atoms with Gasteiger partial charge in [0.2, 0.25) is 5.91 Å². The Morgan fingerprint density at radius 1 is 1.14 bits per heavy atom. The smallest absolute Gasteiger partial charge is 0.356 e. The third-order valence-electron chi connectivity index (χ3n) is 4.49. The molecule has 0 bridgehead atoms. The lowest BCUT2D eigenvalue weighted by molar-refractivity contribution is -0.141. The SMILES string of the molecule is Cc1nc(N2CCC(C(=O)Nc3ccc(Cl)c(Cl)c3)CC2)cc(C(F)(F)F)n1. The Kier molecular flexibility index (Phi) is 6.00. The molecule has 1 saturated heterocycles. The van der Waals surface area contributed by atoms with E-state index in [9.17, 15) is 18.0 Å². The number of anilines is 2. The summed E-state index contributed by atoms with van der Waals surface area (Å²) in [5, 5.41) is 3.53. The van der Waals surface area contributed by atoms with Crippen molar-refractivity contribution in [1.29, 1.82) is 0 Å². The van der Waals surface area contributed by atoms with Crippen molar-refractivity contribution in [2.45, 2.75) is 25.9 Å². The first-order valence-electron chi connectivity index (χ1n) is 8.57. The van der Waals surface area contributed by atoms with Gasteiger partial charge in [0, 0.05) is 30.8 Å². The molecule has 0 aliphatic carbocycles. The van der Waals surface area contributed by atoms with E-state index in [0.29, 0.717) is 41.7 Å². The van der Waals surface area contributed by atoms with Crippen LogP contribution >= 0.6 is 23.2 Å². The average Bonchev–Trinajstić information content (AvgIpc) is 2.63. The van der Waals surface area contributed by atoms with Crippen molar-refractivity contribution in [3.05, 3.63) is 45.8 Å². The highest BCUT2D eigenvalue weighted by molar-refractivity contribution is 6.42. The third kappa shape index (κ3) is 4.86. The van der Waals surface area contributed by atoms with Gasteiger partial charge in [-0.25, -0.2) is 9.97 Å². The molecule has 1 amide bonds. The second-order valence-corrected chi connectivity index (χ2v) is 7.35. The fourth-order valence-electron chi connectivity index (χ4n) is 3.05. The summed E-state index contributed by atoms with van der Waals surface area (Å²) in [6.45, 7) is 2.27. The molecule has 1 aliphatic heterocycles. The van der Waals surface area contributed by atoms with E-state index in [2.05, 4.69) is 15.3 Å². The first-order chi connectivity index (χ1) is 13.1. The number of aromatic nitrogens is 2. The van der Waals surface area contributed by atoms with E-state index >= 15 is 0 Å². The number of amides is 1. The number of rotatable bonds is 3. The molecule has 1 N–H and O–H groups in total. The minimum Gasteiger partial charge on any atom is -0.356 e. The van der Waals surface area contributed by atoms with Gasteiger partial charge in [-0.15, -0.1) is 0 Å².